The van der Waals surface area contributed by atoms with Gasteiger partial charge in [-0.25, -0.2) is 4.79 Å². The Morgan fingerprint density at radius 1 is 1.20 bits per heavy atom. The van der Waals surface area contributed by atoms with Crippen LogP contribution in [0.3, 0.4) is 0 Å². The molecule has 1 aliphatic heterocycles. The first-order valence-corrected chi connectivity index (χ1v) is 7.58. The third-order valence-electron chi connectivity index (χ3n) is 4.16. The van der Waals surface area contributed by atoms with Crippen LogP contribution < -0.4 is 10.6 Å². The van der Waals surface area contributed by atoms with E-state index < -0.39 is 0 Å². The summed E-state index contributed by atoms with van der Waals surface area (Å²) in [6.45, 7) is 1.87. The lowest BCUT2D eigenvalue weighted by Crippen LogP contribution is -2.62. The maximum absolute atomic E-state index is 12.4. The van der Waals surface area contributed by atoms with Gasteiger partial charge in [0.15, 0.2) is 0 Å². The summed E-state index contributed by atoms with van der Waals surface area (Å²) >= 11 is 0. The minimum atomic E-state index is -0.387. The number of urea groups is 1. The van der Waals surface area contributed by atoms with Crippen LogP contribution in [0.15, 0.2) is 0 Å². The fourth-order valence-corrected chi connectivity index (χ4v) is 2.97. The van der Waals surface area contributed by atoms with Crippen molar-refractivity contribution in [2.75, 3.05) is 33.7 Å². The molecule has 0 aromatic rings. The van der Waals surface area contributed by atoms with Crippen molar-refractivity contribution in [1.29, 1.82) is 0 Å². The van der Waals surface area contributed by atoms with Gasteiger partial charge in [0.2, 0.25) is 5.91 Å². The molecule has 0 spiro atoms. The number of rotatable bonds is 2. The number of hydrogen-bond acceptors (Lipinski definition) is 3. The molecule has 2 aliphatic rings. The van der Waals surface area contributed by atoms with Gasteiger partial charge in [0.05, 0.1) is 0 Å². The smallest absolute Gasteiger partial charge is 0.318 e. The van der Waals surface area contributed by atoms with Gasteiger partial charge in [0.25, 0.3) is 0 Å². The molecule has 20 heavy (non-hydrogen) atoms. The molecule has 0 aromatic carbocycles. The molecule has 6 nitrogen and oxygen atoms in total. The number of nitrogens with one attached hydrogen (secondary N) is 2. The number of piperazine rings is 1. The molecule has 0 bridgehead atoms. The number of carbonyl (C=O) groups excluding carboxylic acids is 2. The second-order valence-electron chi connectivity index (χ2n) is 5.93. The van der Waals surface area contributed by atoms with Gasteiger partial charge < -0.3 is 20.4 Å². The van der Waals surface area contributed by atoms with E-state index in [2.05, 4.69) is 10.6 Å². The number of hydrogen-bond donors (Lipinski definition) is 2. The number of nitrogens with zero attached hydrogens (tertiary/aromatic N) is 2. The van der Waals surface area contributed by atoms with Crippen molar-refractivity contribution in [2.45, 2.75) is 44.2 Å². The van der Waals surface area contributed by atoms with E-state index in [1.807, 2.05) is 0 Å². The lowest BCUT2D eigenvalue weighted by atomic mass is 9.96. The lowest BCUT2D eigenvalue weighted by molar-refractivity contribution is -0.133. The second kappa shape index (κ2) is 6.92. The van der Waals surface area contributed by atoms with Crippen LogP contribution in [0.1, 0.15) is 32.1 Å². The number of amides is 3. The highest BCUT2D eigenvalue weighted by Crippen LogP contribution is 2.18. The van der Waals surface area contributed by atoms with Crippen LogP contribution >= 0.6 is 0 Å². The van der Waals surface area contributed by atoms with Gasteiger partial charge in [0, 0.05) is 39.8 Å². The summed E-state index contributed by atoms with van der Waals surface area (Å²) in [5, 5.41) is 6.29. The van der Waals surface area contributed by atoms with Crippen molar-refractivity contribution in [3.63, 3.8) is 0 Å². The third-order valence-corrected chi connectivity index (χ3v) is 4.16. The molecule has 1 unspecified atom stereocenters. The molecule has 1 aliphatic carbocycles. The maximum atomic E-state index is 12.4. The van der Waals surface area contributed by atoms with Crippen LogP contribution in [-0.4, -0.2) is 67.6 Å². The molecule has 114 valence electrons. The molecular weight excluding hydrogens is 256 g/mol. The summed E-state index contributed by atoms with van der Waals surface area (Å²) in [6.07, 6.45) is 5.76. The molecule has 2 rings (SSSR count). The summed E-state index contributed by atoms with van der Waals surface area (Å²) < 4.78 is 0. The Balaban J connectivity index is 1.95. The minimum Gasteiger partial charge on any atom is -0.347 e. The van der Waals surface area contributed by atoms with Crippen molar-refractivity contribution < 1.29 is 9.59 Å². The Morgan fingerprint density at radius 2 is 1.90 bits per heavy atom. The van der Waals surface area contributed by atoms with Crippen molar-refractivity contribution in [3.05, 3.63) is 0 Å². The average molecular weight is 282 g/mol. The first-order valence-electron chi connectivity index (χ1n) is 7.58. The molecule has 1 saturated carbocycles. The molecule has 3 amide bonds. The third kappa shape index (κ3) is 3.62. The van der Waals surface area contributed by atoms with Gasteiger partial charge in [0.1, 0.15) is 6.04 Å². The van der Waals surface area contributed by atoms with Gasteiger partial charge in [-0.05, 0) is 12.8 Å². The van der Waals surface area contributed by atoms with Crippen LogP contribution in [0.2, 0.25) is 0 Å². The Bertz CT molecular complexity index is 353. The molecule has 2 fully saturated rings. The first-order chi connectivity index (χ1) is 9.59. The normalized spacial score (nSPS) is 24.3. The summed E-state index contributed by atoms with van der Waals surface area (Å²) in [6, 6.07) is -0.192. The van der Waals surface area contributed by atoms with Crippen molar-refractivity contribution >= 4 is 11.9 Å². The van der Waals surface area contributed by atoms with E-state index >= 15 is 0 Å². The van der Waals surface area contributed by atoms with E-state index in [0.29, 0.717) is 13.1 Å². The van der Waals surface area contributed by atoms with Crippen LogP contribution in [0.5, 0.6) is 0 Å². The van der Waals surface area contributed by atoms with Crippen LogP contribution in [0, 0.1) is 0 Å². The van der Waals surface area contributed by atoms with Crippen LogP contribution in [0.4, 0.5) is 4.79 Å². The number of carbonyl (C=O) groups is 2. The molecule has 1 saturated heterocycles. The molecule has 0 aromatic heterocycles. The number of likely N-dealkylation sites (N-methyl/N-ethyl adjacent to an activating group) is 1. The zero-order valence-corrected chi connectivity index (χ0v) is 12.5. The average Bonchev–Trinajstić information content (AvgIpc) is 2.47. The Hall–Kier alpha value is -1.30. The molecular formula is C14H26N4O2. The van der Waals surface area contributed by atoms with E-state index in [-0.39, 0.29) is 24.0 Å². The lowest BCUT2D eigenvalue weighted by Gasteiger charge is -2.37. The van der Waals surface area contributed by atoms with E-state index in [1.54, 1.807) is 23.9 Å². The fraction of sp³-hybridized carbons (Fsp3) is 0.857. The standard InChI is InChI=1S/C14H26N4O2/c1-17(2)13(19)12-10-15-8-9-18(12)14(20)16-11-6-4-3-5-7-11/h11-12,15H,3-10H2,1-2H3,(H,16,20). The predicted octanol–water partition coefficient (Wildman–Crippen LogP) is 0.391. The highest BCUT2D eigenvalue weighted by Gasteiger charge is 2.33. The summed E-state index contributed by atoms with van der Waals surface area (Å²) in [5.41, 5.74) is 0. The van der Waals surface area contributed by atoms with Gasteiger partial charge in [-0.1, -0.05) is 19.3 Å². The fourth-order valence-electron chi connectivity index (χ4n) is 2.97. The van der Waals surface area contributed by atoms with Crippen LogP contribution in [-0.2, 0) is 4.79 Å². The summed E-state index contributed by atoms with van der Waals surface area (Å²) in [4.78, 5) is 27.8. The summed E-state index contributed by atoms with van der Waals surface area (Å²) in [7, 11) is 3.46. The SMILES string of the molecule is CN(C)C(=O)C1CNCCN1C(=O)NC1CCCCC1. The van der Waals surface area contributed by atoms with Gasteiger partial charge in [-0.2, -0.15) is 0 Å². The summed E-state index contributed by atoms with van der Waals surface area (Å²) in [5.74, 6) is -0.0176. The Labute approximate surface area is 120 Å². The van der Waals surface area contributed by atoms with Crippen molar-refractivity contribution in [2.24, 2.45) is 0 Å². The highest BCUT2D eigenvalue weighted by molar-refractivity contribution is 5.87. The second-order valence-corrected chi connectivity index (χ2v) is 5.93. The molecule has 0 radical (unpaired) electrons. The minimum absolute atomic E-state index is 0.0176. The van der Waals surface area contributed by atoms with Gasteiger partial charge in [-0.15, -0.1) is 0 Å². The quantitative estimate of drug-likeness (QED) is 0.770. The Kier molecular flexibility index (Phi) is 5.23. The first kappa shape index (κ1) is 15.1. The predicted molar refractivity (Wildman–Crippen MR) is 77.5 cm³/mol. The zero-order valence-electron chi connectivity index (χ0n) is 12.5. The molecule has 2 N–H and O–H groups in total. The largest absolute Gasteiger partial charge is 0.347 e. The van der Waals surface area contributed by atoms with E-state index in [0.717, 1.165) is 19.4 Å². The van der Waals surface area contributed by atoms with Gasteiger partial charge in [-0.3, -0.25) is 4.79 Å². The van der Waals surface area contributed by atoms with Crippen molar-refractivity contribution in [3.8, 4) is 0 Å². The zero-order chi connectivity index (χ0) is 14.5. The monoisotopic (exact) mass is 282 g/mol. The van der Waals surface area contributed by atoms with E-state index in [9.17, 15) is 9.59 Å². The van der Waals surface area contributed by atoms with E-state index in [1.165, 1.54) is 19.3 Å². The topological polar surface area (TPSA) is 64.7 Å². The maximum Gasteiger partial charge on any atom is 0.318 e. The highest BCUT2D eigenvalue weighted by atomic mass is 16.2. The molecule has 1 atom stereocenters. The Morgan fingerprint density at radius 3 is 2.55 bits per heavy atom. The van der Waals surface area contributed by atoms with Crippen LogP contribution in [0.25, 0.3) is 0 Å². The van der Waals surface area contributed by atoms with Gasteiger partial charge >= 0.3 is 6.03 Å². The van der Waals surface area contributed by atoms with E-state index in [4.69, 9.17) is 0 Å². The molecule has 1 heterocycles. The molecule has 6 heteroatoms. The van der Waals surface area contributed by atoms with Crippen molar-refractivity contribution in [1.82, 2.24) is 20.4 Å².